The maximum absolute atomic E-state index is 12.8. The molecular weight excluding hydrogens is 310 g/mol. The minimum Gasteiger partial charge on any atom is -0.387 e. The molecule has 120 valence electrons. The minimum atomic E-state index is -3.60. The lowest BCUT2D eigenvalue weighted by molar-refractivity contribution is 0.430. The van der Waals surface area contributed by atoms with Crippen molar-refractivity contribution in [2.45, 2.75) is 11.4 Å². The van der Waals surface area contributed by atoms with Gasteiger partial charge < -0.3 is 5.32 Å². The highest BCUT2D eigenvalue weighted by atomic mass is 32.2. The summed E-state index contributed by atoms with van der Waals surface area (Å²) in [5, 5.41) is 3.20. The van der Waals surface area contributed by atoms with Crippen LogP contribution in [0, 0.1) is 0 Å². The first kappa shape index (κ1) is 15.7. The van der Waals surface area contributed by atoms with Crippen LogP contribution in [-0.2, 0) is 10.0 Å². The summed E-state index contributed by atoms with van der Waals surface area (Å²) in [7, 11) is -3.60. The fourth-order valence-corrected chi connectivity index (χ4v) is 3.91. The molecule has 2 heterocycles. The third-order valence-electron chi connectivity index (χ3n) is 3.80. The third kappa shape index (κ3) is 3.43. The molecule has 2 aromatic rings. The molecular formula is C17H19N3O2S. The van der Waals surface area contributed by atoms with E-state index in [-0.39, 0.29) is 5.03 Å². The van der Waals surface area contributed by atoms with E-state index >= 15 is 0 Å². The molecule has 1 aliphatic rings. The van der Waals surface area contributed by atoms with Gasteiger partial charge in [-0.05, 0) is 12.1 Å². The van der Waals surface area contributed by atoms with Gasteiger partial charge in [0.05, 0.1) is 5.69 Å². The largest absolute Gasteiger partial charge is 0.387 e. The Kier molecular flexibility index (Phi) is 4.45. The predicted octanol–water partition coefficient (Wildman–Crippen LogP) is 2.25. The van der Waals surface area contributed by atoms with Crippen molar-refractivity contribution in [3.8, 4) is 11.3 Å². The van der Waals surface area contributed by atoms with Crippen LogP contribution in [0.25, 0.3) is 11.3 Å². The van der Waals surface area contributed by atoms with Gasteiger partial charge in [0, 0.05) is 37.3 Å². The monoisotopic (exact) mass is 329 g/mol. The average molecular weight is 329 g/mol. The van der Waals surface area contributed by atoms with E-state index in [4.69, 9.17) is 0 Å². The molecule has 0 saturated carbocycles. The van der Waals surface area contributed by atoms with Crippen molar-refractivity contribution in [1.82, 2.24) is 14.6 Å². The Morgan fingerprint density at radius 2 is 1.83 bits per heavy atom. The van der Waals surface area contributed by atoms with Crippen LogP contribution in [0.5, 0.6) is 0 Å². The van der Waals surface area contributed by atoms with Crippen molar-refractivity contribution in [2.75, 3.05) is 19.6 Å². The highest BCUT2D eigenvalue weighted by molar-refractivity contribution is 7.89. The zero-order valence-corrected chi connectivity index (χ0v) is 13.6. The summed E-state index contributed by atoms with van der Waals surface area (Å²) in [5.41, 5.74) is 2.42. The van der Waals surface area contributed by atoms with Gasteiger partial charge in [-0.1, -0.05) is 43.0 Å². The molecule has 0 spiro atoms. The van der Waals surface area contributed by atoms with Crippen LogP contribution in [0.2, 0.25) is 0 Å². The Balaban J connectivity index is 1.93. The van der Waals surface area contributed by atoms with Gasteiger partial charge in [0.2, 0.25) is 0 Å². The van der Waals surface area contributed by atoms with Gasteiger partial charge in [-0.25, -0.2) is 13.4 Å². The maximum Gasteiger partial charge on any atom is 0.260 e. The van der Waals surface area contributed by atoms with Crippen LogP contribution in [0.1, 0.15) is 6.42 Å². The second-order valence-corrected chi connectivity index (χ2v) is 7.30. The van der Waals surface area contributed by atoms with Gasteiger partial charge in [-0.15, -0.1) is 0 Å². The van der Waals surface area contributed by atoms with E-state index in [1.807, 2.05) is 36.4 Å². The summed E-state index contributed by atoms with van der Waals surface area (Å²) in [6.45, 7) is 5.27. The van der Waals surface area contributed by atoms with Crippen LogP contribution in [0.4, 0.5) is 0 Å². The van der Waals surface area contributed by atoms with Crippen molar-refractivity contribution >= 4 is 10.0 Å². The normalized spacial score (nSPS) is 16.6. The molecule has 23 heavy (non-hydrogen) atoms. The van der Waals surface area contributed by atoms with Gasteiger partial charge in [-0.3, -0.25) is 0 Å². The standard InChI is InChI=1S/C17H19N3O2S/c1-14-10-12-20(13-11-18-14)23(21,22)17-9-5-8-16(19-17)15-6-3-2-4-7-15/h2-9,18H,1,10-13H2. The lowest BCUT2D eigenvalue weighted by Crippen LogP contribution is -2.34. The van der Waals surface area contributed by atoms with Gasteiger partial charge in [0.15, 0.2) is 5.03 Å². The zero-order chi connectivity index (χ0) is 16.3. The average Bonchev–Trinajstić information content (AvgIpc) is 2.81. The van der Waals surface area contributed by atoms with E-state index in [0.717, 1.165) is 11.3 Å². The van der Waals surface area contributed by atoms with E-state index in [1.165, 1.54) is 4.31 Å². The first-order valence-electron chi connectivity index (χ1n) is 7.52. The van der Waals surface area contributed by atoms with Crippen molar-refractivity contribution in [2.24, 2.45) is 0 Å². The highest BCUT2D eigenvalue weighted by Gasteiger charge is 2.27. The molecule has 6 heteroatoms. The van der Waals surface area contributed by atoms with E-state index in [1.54, 1.807) is 12.1 Å². The fourth-order valence-electron chi connectivity index (χ4n) is 2.52. The summed E-state index contributed by atoms with van der Waals surface area (Å²) >= 11 is 0. The second kappa shape index (κ2) is 6.52. The molecule has 1 aliphatic heterocycles. The number of hydrogen-bond acceptors (Lipinski definition) is 4. The SMILES string of the molecule is C=C1CCN(S(=O)(=O)c2cccc(-c3ccccc3)n2)CCN1. The molecule has 0 radical (unpaired) electrons. The van der Waals surface area contributed by atoms with Crippen molar-refractivity contribution in [3.05, 3.63) is 60.8 Å². The first-order valence-corrected chi connectivity index (χ1v) is 8.96. The number of pyridine rings is 1. The number of nitrogens with one attached hydrogen (secondary N) is 1. The molecule has 0 amide bonds. The van der Waals surface area contributed by atoms with Crippen molar-refractivity contribution in [1.29, 1.82) is 0 Å². The Bertz CT molecular complexity index is 804. The number of rotatable bonds is 3. The van der Waals surface area contributed by atoms with Crippen molar-refractivity contribution < 1.29 is 8.42 Å². The zero-order valence-electron chi connectivity index (χ0n) is 12.8. The summed E-state index contributed by atoms with van der Waals surface area (Å²) in [5.74, 6) is 0. The van der Waals surface area contributed by atoms with E-state index in [0.29, 0.717) is 31.7 Å². The summed E-state index contributed by atoms with van der Waals surface area (Å²) in [4.78, 5) is 4.37. The van der Waals surface area contributed by atoms with Gasteiger partial charge in [0.1, 0.15) is 0 Å². The molecule has 1 aromatic carbocycles. The maximum atomic E-state index is 12.8. The van der Waals surface area contributed by atoms with Gasteiger partial charge in [0.25, 0.3) is 10.0 Å². The van der Waals surface area contributed by atoms with Gasteiger partial charge >= 0.3 is 0 Å². The molecule has 1 saturated heterocycles. The lowest BCUT2D eigenvalue weighted by atomic mass is 10.1. The van der Waals surface area contributed by atoms with Crippen LogP contribution in [0.15, 0.2) is 65.8 Å². The smallest absolute Gasteiger partial charge is 0.260 e. The Morgan fingerprint density at radius 1 is 1.04 bits per heavy atom. The first-order chi connectivity index (χ1) is 11.1. The number of sulfonamides is 1. The number of nitrogens with zero attached hydrogens (tertiary/aromatic N) is 2. The van der Waals surface area contributed by atoms with Crippen LogP contribution in [-0.4, -0.2) is 37.3 Å². The third-order valence-corrected chi connectivity index (χ3v) is 5.60. The Morgan fingerprint density at radius 3 is 2.61 bits per heavy atom. The molecule has 0 bridgehead atoms. The topological polar surface area (TPSA) is 62.3 Å². The molecule has 5 nitrogen and oxygen atoms in total. The molecule has 3 rings (SSSR count). The summed E-state index contributed by atoms with van der Waals surface area (Å²) in [6.07, 6.45) is 0.609. The quantitative estimate of drug-likeness (QED) is 0.938. The summed E-state index contributed by atoms with van der Waals surface area (Å²) in [6, 6.07) is 14.7. The van der Waals surface area contributed by atoms with E-state index < -0.39 is 10.0 Å². The van der Waals surface area contributed by atoms with E-state index in [9.17, 15) is 8.42 Å². The molecule has 0 atom stereocenters. The molecule has 0 unspecified atom stereocenters. The molecule has 1 N–H and O–H groups in total. The highest BCUT2D eigenvalue weighted by Crippen LogP contribution is 2.21. The Labute approximate surface area is 136 Å². The fraction of sp³-hybridized carbons (Fsp3) is 0.235. The number of hydrogen-bond donors (Lipinski definition) is 1. The van der Waals surface area contributed by atoms with Crippen molar-refractivity contribution in [3.63, 3.8) is 0 Å². The van der Waals surface area contributed by atoms with E-state index in [2.05, 4.69) is 16.9 Å². The number of aromatic nitrogens is 1. The molecule has 1 fully saturated rings. The molecule has 0 aliphatic carbocycles. The lowest BCUT2D eigenvalue weighted by Gasteiger charge is -2.19. The minimum absolute atomic E-state index is 0.0892. The summed E-state index contributed by atoms with van der Waals surface area (Å²) < 4.78 is 27.1. The van der Waals surface area contributed by atoms with Crippen LogP contribution < -0.4 is 5.32 Å². The predicted molar refractivity (Wildman–Crippen MR) is 90.2 cm³/mol. The van der Waals surface area contributed by atoms with Crippen LogP contribution >= 0.6 is 0 Å². The number of benzene rings is 1. The van der Waals surface area contributed by atoms with Gasteiger partial charge in [-0.2, -0.15) is 4.31 Å². The molecule has 1 aromatic heterocycles. The second-order valence-electron chi connectivity index (χ2n) is 5.41. The van der Waals surface area contributed by atoms with Crippen LogP contribution in [0.3, 0.4) is 0 Å². The Hall–Kier alpha value is -2.18.